The average molecular weight is 203 g/mol. The van der Waals surface area contributed by atoms with Gasteiger partial charge in [-0.05, 0) is 37.5 Å². The van der Waals surface area contributed by atoms with Gasteiger partial charge in [0.2, 0.25) is 0 Å². The van der Waals surface area contributed by atoms with E-state index < -0.39 is 5.41 Å². The van der Waals surface area contributed by atoms with Gasteiger partial charge < -0.3 is 9.84 Å². The molecular formula is C12H13NO2. The summed E-state index contributed by atoms with van der Waals surface area (Å²) in [4.78, 5) is 0. The molecule has 1 saturated carbocycles. The number of nitriles is 1. The molecule has 1 aromatic carbocycles. The van der Waals surface area contributed by atoms with Gasteiger partial charge >= 0.3 is 0 Å². The maximum atomic E-state index is 9.76. The van der Waals surface area contributed by atoms with Crippen LogP contribution in [0.1, 0.15) is 24.8 Å². The van der Waals surface area contributed by atoms with Crippen molar-refractivity contribution in [2.75, 3.05) is 7.11 Å². The van der Waals surface area contributed by atoms with Crippen molar-refractivity contribution < 1.29 is 9.84 Å². The molecule has 1 aliphatic carbocycles. The summed E-state index contributed by atoms with van der Waals surface area (Å²) in [5, 5.41) is 18.9. The predicted octanol–water partition coefficient (Wildman–Crippen LogP) is 2.35. The fraction of sp³-hybridized carbons (Fsp3) is 0.417. The van der Waals surface area contributed by atoms with Crippen LogP contribution >= 0.6 is 0 Å². The molecule has 0 bridgehead atoms. The van der Waals surface area contributed by atoms with Gasteiger partial charge in [0.25, 0.3) is 0 Å². The monoisotopic (exact) mass is 203 g/mol. The summed E-state index contributed by atoms with van der Waals surface area (Å²) in [6.07, 6.45) is 2.69. The molecule has 0 atom stereocenters. The van der Waals surface area contributed by atoms with Crippen molar-refractivity contribution in [2.24, 2.45) is 0 Å². The van der Waals surface area contributed by atoms with Gasteiger partial charge in [0.15, 0.2) is 0 Å². The second-order valence-electron chi connectivity index (χ2n) is 3.93. The standard InChI is InChI=1S/C12H13NO2/c1-15-9-3-4-11(14)10(7-9)12(8-13)5-2-6-12/h3-4,7,14H,2,5-6H2,1H3. The van der Waals surface area contributed by atoms with E-state index in [4.69, 9.17) is 4.74 Å². The lowest BCUT2D eigenvalue weighted by Gasteiger charge is -2.36. The van der Waals surface area contributed by atoms with E-state index in [2.05, 4.69) is 6.07 Å². The van der Waals surface area contributed by atoms with E-state index >= 15 is 0 Å². The Bertz CT molecular complexity index is 416. The largest absolute Gasteiger partial charge is 0.508 e. The van der Waals surface area contributed by atoms with Crippen LogP contribution in [-0.2, 0) is 5.41 Å². The Morgan fingerprint density at radius 1 is 1.47 bits per heavy atom. The number of nitrogens with zero attached hydrogens (tertiary/aromatic N) is 1. The molecule has 0 spiro atoms. The van der Waals surface area contributed by atoms with Crippen molar-refractivity contribution in [3.05, 3.63) is 23.8 Å². The molecule has 0 radical (unpaired) electrons. The number of ether oxygens (including phenoxy) is 1. The zero-order chi connectivity index (χ0) is 10.9. The number of benzene rings is 1. The normalized spacial score (nSPS) is 17.6. The molecule has 1 N–H and O–H groups in total. The Kier molecular flexibility index (Phi) is 2.28. The molecular weight excluding hydrogens is 190 g/mol. The van der Waals surface area contributed by atoms with Crippen LogP contribution in [0.5, 0.6) is 11.5 Å². The Balaban J connectivity index is 2.47. The van der Waals surface area contributed by atoms with Crippen molar-refractivity contribution in [3.8, 4) is 17.6 Å². The highest BCUT2D eigenvalue weighted by Gasteiger charge is 2.41. The Labute approximate surface area is 88.9 Å². The summed E-state index contributed by atoms with van der Waals surface area (Å²) in [5.41, 5.74) is 0.217. The van der Waals surface area contributed by atoms with Crippen molar-refractivity contribution in [1.29, 1.82) is 5.26 Å². The van der Waals surface area contributed by atoms with Gasteiger partial charge in [-0.25, -0.2) is 0 Å². The van der Waals surface area contributed by atoms with Crippen molar-refractivity contribution >= 4 is 0 Å². The van der Waals surface area contributed by atoms with Gasteiger partial charge in [-0.2, -0.15) is 5.26 Å². The minimum atomic E-state index is -0.487. The lowest BCUT2D eigenvalue weighted by atomic mass is 9.65. The fourth-order valence-electron chi connectivity index (χ4n) is 2.00. The zero-order valence-corrected chi connectivity index (χ0v) is 8.66. The maximum absolute atomic E-state index is 9.76. The topological polar surface area (TPSA) is 53.2 Å². The molecule has 3 nitrogen and oxygen atoms in total. The molecule has 1 aromatic rings. The van der Waals surface area contributed by atoms with Crippen LogP contribution in [-0.4, -0.2) is 12.2 Å². The van der Waals surface area contributed by atoms with Gasteiger partial charge in [0.05, 0.1) is 18.6 Å². The number of aromatic hydroxyl groups is 1. The van der Waals surface area contributed by atoms with E-state index in [9.17, 15) is 10.4 Å². The average Bonchev–Trinajstić information content (AvgIpc) is 2.20. The third kappa shape index (κ3) is 1.42. The first-order chi connectivity index (χ1) is 7.22. The van der Waals surface area contributed by atoms with Crippen molar-refractivity contribution in [1.82, 2.24) is 0 Å². The van der Waals surface area contributed by atoms with Gasteiger partial charge in [-0.1, -0.05) is 0 Å². The van der Waals surface area contributed by atoms with E-state index in [-0.39, 0.29) is 5.75 Å². The fourth-order valence-corrected chi connectivity index (χ4v) is 2.00. The second-order valence-corrected chi connectivity index (χ2v) is 3.93. The number of rotatable bonds is 2. The van der Waals surface area contributed by atoms with E-state index in [1.165, 1.54) is 0 Å². The Morgan fingerprint density at radius 2 is 2.20 bits per heavy atom. The molecule has 1 aliphatic rings. The van der Waals surface area contributed by atoms with Gasteiger partial charge in [-0.3, -0.25) is 0 Å². The zero-order valence-electron chi connectivity index (χ0n) is 8.66. The minimum absolute atomic E-state index is 0.192. The van der Waals surface area contributed by atoms with Gasteiger partial charge in [0.1, 0.15) is 11.5 Å². The number of methoxy groups -OCH3 is 1. The highest BCUT2D eigenvalue weighted by Crippen LogP contribution is 2.47. The number of hydrogen-bond acceptors (Lipinski definition) is 3. The van der Waals surface area contributed by atoms with Crippen LogP contribution in [0.3, 0.4) is 0 Å². The second kappa shape index (κ2) is 3.47. The van der Waals surface area contributed by atoms with Crippen LogP contribution in [0, 0.1) is 11.3 Å². The summed E-state index contributed by atoms with van der Waals surface area (Å²) in [6, 6.07) is 7.36. The smallest absolute Gasteiger partial charge is 0.120 e. The van der Waals surface area contributed by atoms with E-state index in [1.807, 2.05) is 0 Å². The molecule has 78 valence electrons. The van der Waals surface area contributed by atoms with Crippen LogP contribution in [0.4, 0.5) is 0 Å². The molecule has 15 heavy (non-hydrogen) atoms. The van der Waals surface area contributed by atoms with Crippen molar-refractivity contribution in [3.63, 3.8) is 0 Å². The molecule has 1 fully saturated rings. The number of hydrogen-bond donors (Lipinski definition) is 1. The van der Waals surface area contributed by atoms with Crippen LogP contribution < -0.4 is 4.74 Å². The number of phenolic OH excluding ortho intramolecular Hbond substituents is 1. The summed E-state index contributed by atoms with van der Waals surface area (Å²) >= 11 is 0. The van der Waals surface area contributed by atoms with Crippen molar-refractivity contribution in [2.45, 2.75) is 24.7 Å². The Hall–Kier alpha value is -1.69. The first kappa shape index (κ1) is 9.85. The lowest BCUT2D eigenvalue weighted by Crippen LogP contribution is -2.32. The highest BCUT2D eigenvalue weighted by atomic mass is 16.5. The lowest BCUT2D eigenvalue weighted by molar-refractivity contribution is 0.309. The van der Waals surface area contributed by atoms with E-state index in [1.54, 1.807) is 25.3 Å². The highest BCUT2D eigenvalue weighted by molar-refractivity contribution is 5.48. The summed E-state index contributed by atoms with van der Waals surface area (Å²) in [7, 11) is 1.58. The van der Waals surface area contributed by atoms with Gasteiger partial charge in [-0.15, -0.1) is 0 Å². The first-order valence-corrected chi connectivity index (χ1v) is 5.00. The molecule has 3 heteroatoms. The summed E-state index contributed by atoms with van der Waals surface area (Å²) < 4.78 is 5.10. The molecule has 0 aliphatic heterocycles. The van der Waals surface area contributed by atoms with Crippen LogP contribution in [0.2, 0.25) is 0 Å². The van der Waals surface area contributed by atoms with E-state index in [0.29, 0.717) is 11.3 Å². The summed E-state index contributed by atoms with van der Waals surface area (Å²) in [5.74, 6) is 0.876. The predicted molar refractivity (Wildman–Crippen MR) is 55.8 cm³/mol. The molecule has 0 amide bonds. The first-order valence-electron chi connectivity index (χ1n) is 5.00. The van der Waals surface area contributed by atoms with Gasteiger partial charge in [0, 0.05) is 5.56 Å². The van der Waals surface area contributed by atoms with E-state index in [0.717, 1.165) is 19.3 Å². The number of phenols is 1. The molecule has 0 saturated heterocycles. The summed E-state index contributed by atoms with van der Waals surface area (Å²) in [6.45, 7) is 0. The minimum Gasteiger partial charge on any atom is -0.508 e. The third-order valence-corrected chi connectivity index (χ3v) is 3.14. The molecule has 0 aromatic heterocycles. The Morgan fingerprint density at radius 3 is 2.67 bits per heavy atom. The third-order valence-electron chi connectivity index (χ3n) is 3.14. The SMILES string of the molecule is COc1ccc(O)c(C2(C#N)CCC2)c1. The molecule has 0 unspecified atom stereocenters. The maximum Gasteiger partial charge on any atom is 0.120 e. The molecule has 2 rings (SSSR count). The van der Waals surface area contributed by atoms with Crippen LogP contribution in [0.25, 0.3) is 0 Å². The quantitative estimate of drug-likeness (QED) is 0.802. The van der Waals surface area contributed by atoms with Crippen LogP contribution in [0.15, 0.2) is 18.2 Å². The molecule has 0 heterocycles.